The van der Waals surface area contributed by atoms with Gasteiger partial charge in [0.15, 0.2) is 0 Å². The van der Waals surface area contributed by atoms with Gasteiger partial charge in [-0.2, -0.15) is 0 Å². The lowest BCUT2D eigenvalue weighted by Crippen LogP contribution is -2.45. The highest BCUT2D eigenvalue weighted by Gasteiger charge is 2.21. The van der Waals surface area contributed by atoms with E-state index in [4.69, 9.17) is 4.74 Å². The maximum absolute atomic E-state index is 5.80. The van der Waals surface area contributed by atoms with Gasteiger partial charge < -0.3 is 4.74 Å². The van der Waals surface area contributed by atoms with Crippen LogP contribution >= 0.6 is 0 Å². The van der Waals surface area contributed by atoms with Gasteiger partial charge in [0.1, 0.15) is 0 Å². The summed E-state index contributed by atoms with van der Waals surface area (Å²) in [6.07, 6.45) is 2.97. The van der Waals surface area contributed by atoms with Crippen LogP contribution in [0.2, 0.25) is 0 Å². The molecule has 1 fully saturated rings. The second-order valence-corrected chi connectivity index (χ2v) is 7.81. The fourth-order valence-electron chi connectivity index (χ4n) is 3.18. The summed E-state index contributed by atoms with van der Waals surface area (Å²) in [5.41, 5.74) is 4.31. The minimum atomic E-state index is 0.220. The Kier molecular flexibility index (Phi) is 5.46. The van der Waals surface area contributed by atoms with Gasteiger partial charge in [0.05, 0.1) is 12.2 Å². The van der Waals surface area contributed by atoms with Crippen molar-refractivity contribution < 1.29 is 4.74 Å². The Bertz CT molecular complexity index is 500. The fourth-order valence-corrected chi connectivity index (χ4v) is 3.18. The molecular weight excluding hydrogens is 270 g/mol. The van der Waals surface area contributed by atoms with E-state index in [1.165, 1.54) is 16.7 Å². The average molecular weight is 301 g/mol. The molecule has 1 aromatic rings. The number of morpholine rings is 1. The number of rotatable bonds is 3. The Morgan fingerprint density at radius 1 is 1.14 bits per heavy atom. The summed E-state index contributed by atoms with van der Waals surface area (Å²) in [4.78, 5) is 2.49. The summed E-state index contributed by atoms with van der Waals surface area (Å²) >= 11 is 0. The van der Waals surface area contributed by atoms with Crippen molar-refractivity contribution in [1.82, 2.24) is 4.90 Å². The van der Waals surface area contributed by atoms with Crippen LogP contribution in [-0.4, -0.2) is 36.7 Å². The predicted molar refractivity (Wildman–Crippen MR) is 95.2 cm³/mol. The molecule has 22 heavy (non-hydrogen) atoms. The van der Waals surface area contributed by atoms with E-state index < -0.39 is 0 Å². The van der Waals surface area contributed by atoms with Gasteiger partial charge in [-0.25, -0.2) is 0 Å². The van der Waals surface area contributed by atoms with Crippen molar-refractivity contribution in [1.29, 1.82) is 0 Å². The molecule has 1 heterocycles. The fraction of sp³-hybridized carbons (Fsp3) is 0.600. The third kappa shape index (κ3) is 4.96. The molecule has 2 heteroatoms. The third-order valence-corrected chi connectivity index (χ3v) is 4.16. The molecule has 0 aromatic heterocycles. The van der Waals surface area contributed by atoms with Crippen LogP contribution in [0, 0.1) is 0 Å². The zero-order valence-corrected chi connectivity index (χ0v) is 15.0. The molecule has 1 aliphatic rings. The van der Waals surface area contributed by atoms with E-state index in [-0.39, 0.29) is 5.41 Å². The predicted octanol–water partition coefficient (Wildman–Crippen LogP) is 4.50. The van der Waals surface area contributed by atoms with Gasteiger partial charge in [0, 0.05) is 19.6 Å². The second kappa shape index (κ2) is 6.97. The molecule has 2 unspecified atom stereocenters. The molecule has 1 aliphatic heterocycles. The number of hydrogen-bond acceptors (Lipinski definition) is 2. The zero-order valence-electron chi connectivity index (χ0n) is 15.0. The highest BCUT2D eigenvalue weighted by molar-refractivity contribution is 5.53. The van der Waals surface area contributed by atoms with E-state index in [9.17, 15) is 0 Å². The van der Waals surface area contributed by atoms with Crippen molar-refractivity contribution in [3.8, 4) is 0 Å². The maximum atomic E-state index is 5.80. The monoisotopic (exact) mass is 301 g/mol. The van der Waals surface area contributed by atoms with Crippen molar-refractivity contribution in [2.24, 2.45) is 0 Å². The van der Waals surface area contributed by atoms with E-state index in [0.29, 0.717) is 12.2 Å². The highest BCUT2D eigenvalue weighted by Crippen LogP contribution is 2.23. The summed E-state index contributed by atoms with van der Waals surface area (Å²) in [7, 11) is 0. The topological polar surface area (TPSA) is 12.5 Å². The first-order chi connectivity index (χ1) is 10.2. The van der Waals surface area contributed by atoms with Crippen LogP contribution in [0.1, 0.15) is 52.7 Å². The summed E-state index contributed by atoms with van der Waals surface area (Å²) in [6.45, 7) is 16.4. The van der Waals surface area contributed by atoms with E-state index in [1.54, 1.807) is 0 Å². The van der Waals surface area contributed by atoms with Crippen molar-refractivity contribution >= 4 is 6.08 Å². The Morgan fingerprint density at radius 3 is 2.18 bits per heavy atom. The van der Waals surface area contributed by atoms with Crippen LogP contribution in [0.5, 0.6) is 0 Å². The normalized spacial score (nSPS) is 24.5. The maximum Gasteiger partial charge on any atom is 0.0678 e. The Labute approximate surface area is 136 Å². The van der Waals surface area contributed by atoms with Gasteiger partial charge in [-0.05, 0) is 37.3 Å². The molecule has 0 amide bonds. The molecule has 0 aliphatic carbocycles. The largest absolute Gasteiger partial charge is 0.373 e. The molecule has 1 saturated heterocycles. The lowest BCUT2D eigenvalue weighted by atomic mass is 9.86. The van der Waals surface area contributed by atoms with Crippen molar-refractivity contribution in [3.63, 3.8) is 0 Å². The molecule has 0 saturated carbocycles. The molecule has 1 aromatic carbocycles. The quantitative estimate of drug-likeness (QED) is 0.815. The lowest BCUT2D eigenvalue weighted by Gasteiger charge is -2.35. The highest BCUT2D eigenvalue weighted by atomic mass is 16.5. The average Bonchev–Trinajstić information content (AvgIpc) is 2.36. The van der Waals surface area contributed by atoms with E-state index in [2.05, 4.69) is 76.8 Å². The minimum Gasteiger partial charge on any atom is -0.373 e. The van der Waals surface area contributed by atoms with Gasteiger partial charge in [-0.1, -0.05) is 56.7 Å². The zero-order chi connectivity index (χ0) is 16.3. The van der Waals surface area contributed by atoms with Crippen LogP contribution in [-0.2, 0) is 10.2 Å². The number of benzene rings is 1. The minimum absolute atomic E-state index is 0.220. The SMILES string of the molecule is C/C(=C\c1ccc(C(C)(C)C)cc1)CN1CC(C)OC(C)C1. The van der Waals surface area contributed by atoms with E-state index in [0.717, 1.165) is 19.6 Å². The van der Waals surface area contributed by atoms with E-state index in [1.807, 2.05) is 0 Å². The van der Waals surface area contributed by atoms with Gasteiger partial charge in [0.25, 0.3) is 0 Å². The molecule has 2 nitrogen and oxygen atoms in total. The van der Waals surface area contributed by atoms with Crippen molar-refractivity contribution in [3.05, 3.63) is 41.0 Å². The van der Waals surface area contributed by atoms with Crippen molar-refractivity contribution in [2.75, 3.05) is 19.6 Å². The van der Waals surface area contributed by atoms with Crippen LogP contribution in [0.3, 0.4) is 0 Å². The van der Waals surface area contributed by atoms with Crippen LogP contribution in [0.4, 0.5) is 0 Å². The van der Waals surface area contributed by atoms with Gasteiger partial charge in [-0.3, -0.25) is 4.90 Å². The molecule has 2 rings (SSSR count). The van der Waals surface area contributed by atoms with E-state index >= 15 is 0 Å². The van der Waals surface area contributed by atoms with Crippen LogP contribution in [0.25, 0.3) is 6.08 Å². The molecule has 122 valence electrons. The third-order valence-electron chi connectivity index (χ3n) is 4.16. The van der Waals surface area contributed by atoms with Gasteiger partial charge in [0.2, 0.25) is 0 Å². The van der Waals surface area contributed by atoms with Crippen LogP contribution in [0.15, 0.2) is 29.8 Å². The first-order valence-corrected chi connectivity index (χ1v) is 8.39. The first-order valence-electron chi connectivity index (χ1n) is 8.39. The smallest absolute Gasteiger partial charge is 0.0678 e. The van der Waals surface area contributed by atoms with Crippen LogP contribution < -0.4 is 0 Å². The standard InChI is InChI=1S/C20H31NO/c1-15(12-21-13-16(2)22-17(3)14-21)11-18-7-9-19(10-8-18)20(4,5)6/h7-11,16-17H,12-14H2,1-6H3/b15-11+. The molecule has 2 atom stereocenters. The number of nitrogens with zero attached hydrogens (tertiary/aromatic N) is 1. The number of ether oxygens (including phenoxy) is 1. The molecule has 0 radical (unpaired) electrons. The summed E-state index contributed by atoms with van der Waals surface area (Å²) in [6, 6.07) is 8.96. The Balaban J connectivity index is 2.00. The first kappa shape index (κ1) is 17.2. The Hall–Kier alpha value is -1.12. The lowest BCUT2D eigenvalue weighted by molar-refractivity contribution is -0.0652. The van der Waals surface area contributed by atoms with Gasteiger partial charge >= 0.3 is 0 Å². The van der Waals surface area contributed by atoms with Crippen molar-refractivity contribution in [2.45, 2.75) is 59.2 Å². The molecule has 0 bridgehead atoms. The summed E-state index contributed by atoms with van der Waals surface area (Å²) < 4.78 is 5.80. The summed E-state index contributed by atoms with van der Waals surface area (Å²) in [5, 5.41) is 0. The molecular formula is C20H31NO. The number of hydrogen-bond donors (Lipinski definition) is 0. The summed E-state index contributed by atoms with van der Waals surface area (Å²) in [5.74, 6) is 0. The molecule has 0 spiro atoms. The second-order valence-electron chi connectivity index (χ2n) is 7.81. The van der Waals surface area contributed by atoms with Gasteiger partial charge in [-0.15, -0.1) is 0 Å². The molecule has 0 N–H and O–H groups in total. The Morgan fingerprint density at radius 2 is 1.68 bits per heavy atom.